The number of rotatable bonds is 8. The van der Waals surface area contributed by atoms with Gasteiger partial charge in [0, 0.05) is 52.6 Å². The van der Waals surface area contributed by atoms with Gasteiger partial charge in [0.2, 0.25) is 0 Å². The van der Waals surface area contributed by atoms with Crippen molar-refractivity contribution in [1.82, 2.24) is 23.6 Å². The Hall–Kier alpha value is -4.46. The minimum Gasteiger partial charge on any atom is -0.493 e. The van der Waals surface area contributed by atoms with Crippen LogP contribution >= 0.6 is 0 Å². The number of piperidine rings is 1. The molecular weight excluding hydrogens is 552 g/mol. The highest BCUT2D eigenvalue weighted by molar-refractivity contribution is 7.92. The second kappa shape index (κ2) is 10.8. The van der Waals surface area contributed by atoms with Crippen LogP contribution in [0.4, 0.5) is 10.5 Å². The Balaban J connectivity index is 1.41. The molecule has 0 radical (unpaired) electrons. The third-order valence-corrected chi connectivity index (χ3v) is 8.62. The number of ether oxygens (including phenoxy) is 2. The predicted octanol–water partition coefficient (Wildman–Crippen LogP) is 3.28. The first-order valence-corrected chi connectivity index (χ1v) is 14.5. The predicted molar refractivity (Wildman–Crippen MR) is 151 cm³/mol. The molecule has 2 aromatic heterocycles. The van der Waals surface area contributed by atoms with Crippen molar-refractivity contribution in [1.29, 1.82) is 0 Å². The molecular formula is C27H32N6O7S. The fourth-order valence-electron chi connectivity index (χ4n) is 4.80. The number of sulfonamides is 1. The summed E-state index contributed by atoms with van der Waals surface area (Å²) in [5.74, 6) is 1.91. The number of hydrogen-bond acceptors (Lipinski definition) is 7. The molecule has 0 saturated carbocycles. The first-order chi connectivity index (χ1) is 19.4. The second-order valence-corrected chi connectivity index (χ2v) is 11.8. The molecule has 0 bridgehead atoms. The molecule has 14 heteroatoms. The molecule has 1 amide bonds. The number of hydrogen-bond donors (Lipinski definition) is 2. The largest absolute Gasteiger partial charge is 0.493 e. The summed E-state index contributed by atoms with van der Waals surface area (Å²) in [5, 5.41) is 9.00. The lowest BCUT2D eigenvalue weighted by molar-refractivity contribution is 0.111. The Kier molecular flexibility index (Phi) is 7.43. The Labute approximate surface area is 236 Å². The topological polar surface area (TPSA) is 150 Å². The van der Waals surface area contributed by atoms with Crippen LogP contribution in [0.1, 0.15) is 18.7 Å². The van der Waals surface area contributed by atoms with E-state index in [-0.39, 0.29) is 28.1 Å². The van der Waals surface area contributed by atoms with E-state index in [0.29, 0.717) is 48.1 Å². The zero-order valence-electron chi connectivity index (χ0n) is 23.2. The molecule has 2 aromatic carbocycles. The Morgan fingerprint density at radius 1 is 1.07 bits per heavy atom. The monoisotopic (exact) mass is 584 g/mol. The molecule has 0 unspecified atom stereocenters. The van der Waals surface area contributed by atoms with Crippen molar-refractivity contribution in [2.75, 3.05) is 24.4 Å². The molecule has 13 nitrogen and oxygen atoms in total. The van der Waals surface area contributed by atoms with Crippen LogP contribution in [-0.4, -0.2) is 62.9 Å². The number of benzene rings is 2. The number of carboxylic acid groups (broad SMARTS) is 1. The molecule has 1 aliphatic rings. The van der Waals surface area contributed by atoms with E-state index in [4.69, 9.17) is 14.6 Å². The summed E-state index contributed by atoms with van der Waals surface area (Å²) in [4.78, 5) is 29.3. The van der Waals surface area contributed by atoms with Crippen molar-refractivity contribution in [2.45, 2.75) is 24.8 Å². The lowest BCUT2D eigenvalue weighted by atomic mass is 9.98. The number of aromatic nitrogens is 4. The molecule has 1 saturated heterocycles. The number of fused-ring (bicyclic) bond motifs is 1. The van der Waals surface area contributed by atoms with Crippen LogP contribution in [0.15, 0.2) is 52.4 Å². The zero-order chi connectivity index (χ0) is 29.5. The maximum absolute atomic E-state index is 13.2. The zero-order valence-corrected chi connectivity index (χ0v) is 24.0. The number of nitrogens with one attached hydrogen (secondary N) is 1. The van der Waals surface area contributed by atoms with Gasteiger partial charge in [0.05, 0.1) is 23.3 Å². The summed E-state index contributed by atoms with van der Waals surface area (Å²) < 4.78 is 45.7. The summed E-state index contributed by atoms with van der Waals surface area (Å²) in [6.07, 6.45) is 1.95. The first kappa shape index (κ1) is 28.1. The average Bonchev–Trinajstić information content (AvgIpc) is 3.39. The van der Waals surface area contributed by atoms with Gasteiger partial charge < -0.3 is 24.0 Å². The van der Waals surface area contributed by atoms with Gasteiger partial charge >= 0.3 is 11.8 Å². The summed E-state index contributed by atoms with van der Waals surface area (Å²) >= 11 is 0. The van der Waals surface area contributed by atoms with E-state index in [9.17, 15) is 18.0 Å². The van der Waals surface area contributed by atoms with Crippen molar-refractivity contribution in [3.63, 3.8) is 0 Å². The van der Waals surface area contributed by atoms with Gasteiger partial charge in [-0.15, -0.1) is 0 Å². The highest BCUT2D eigenvalue weighted by Crippen LogP contribution is 2.36. The number of aryl methyl sites for hydroxylation is 4. The summed E-state index contributed by atoms with van der Waals surface area (Å²) in [6, 6.07) is 10.1. The summed E-state index contributed by atoms with van der Waals surface area (Å²) in [6.45, 7) is 3.10. The molecule has 2 N–H and O–H groups in total. The molecule has 3 heterocycles. The fraction of sp³-hybridized carbons (Fsp3) is 0.370. The molecule has 0 atom stereocenters. The third kappa shape index (κ3) is 5.73. The maximum atomic E-state index is 13.2. The van der Waals surface area contributed by atoms with Crippen LogP contribution in [0.2, 0.25) is 0 Å². The van der Waals surface area contributed by atoms with Crippen molar-refractivity contribution >= 4 is 32.8 Å². The van der Waals surface area contributed by atoms with Crippen molar-refractivity contribution in [3.8, 4) is 17.2 Å². The Morgan fingerprint density at radius 3 is 2.37 bits per heavy atom. The lowest BCUT2D eigenvalue weighted by Gasteiger charge is -2.29. The van der Waals surface area contributed by atoms with Crippen molar-refractivity contribution in [3.05, 3.63) is 58.9 Å². The van der Waals surface area contributed by atoms with Crippen LogP contribution in [0, 0.1) is 12.8 Å². The SMILES string of the molecule is Cc1nc(S(=O)(=O)Nc2cc3c(cc2Oc2cccc(OCC4CCN(C(=O)O)CC4)c2)n(C)c(=O)n3C)cn1C. The molecule has 1 fully saturated rings. The minimum absolute atomic E-state index is 0.138. The number of anilines is 1. The van der Waals surface area contributed by atoms with E-state index < -0.39 is 16.1 Å². The number of likely N-dealkylation sites (tertiary alicyclic amines) is 1. The highest BCUT2D eigenvalue weighted by Gasteiger charge is 2.24. The third-order valence-electron chi connectivity index (χ3n) is 7.38. The highest BCUT2D eigenvalue weighted by atomic mass is 32.2. The van der Waals surface area contributed by atoms with Crippen LogP contribution in [-0.2, 0) is 31.2 Å². The summed E-state index contributed by atoms with van der Waals surface area (Å²) in [7, 11) is 0.868. The molecule has 41 heavy (non-hydrogen) atoms. The van der Waals surface area contributed by atoms with Crippen LogP contribution in [0.5, 0.6) is 17.2 Å². The van der Waals surface area contributed by atoms with Crippen molar-refractivity contribution in [2.24, 2.45) is 27.1 Å². The smallest absolute Gasteiger partial charge is 0.407 e. The Morgan fingerprint density at radius 2 is 1.73 bits per heavy atom. The summed E-state index contributed by atoms with van der Waals surface area (Å²) in [5.41, 5.74) is 0.949. The normalized spacial score (nSPS) is 14.4. The molecule has 1 aliphatic heterocycles. The maximum Gasteiger partial charge on any atom is 0.407 e. The lowest BCUT2D eigenvalue weighted by Crippen LogP contribution is -2.38. The average molecular weight is 585 g/mol. The van der Waals surface area contributed by atoms with Gasteiger partial charge in [-0.05, 0) is 43.9 Å². The van der Waals surface area contributed by atoms with Gasteiger partial charge in [-0.1, -0.05) is 6.07 Å². The van der Waals surface area contributed by atoms with E-state index in [0.717, 1.165) is 12.8 Å². The second-order valence-electron chi connectivity index (χ2n) is 10.2. The number of imidazole rings is 2. The van der Waals surface area contributed by atoms with Gasteiger partial charge in [0.1, 0.15) is 17.3 Å². The van der Waals surface area contributed by atoms with Gasteiger partial charge in [-0.3, -0.25) is 13.9 Å². The van der Waals surface area contributed by atoms with Gasteiger partial charge in [-0.2, -0.15) is 8.42 Å². The molecule has 4 aromatic rings. The van der Waals surface area contributed by atoms with E-state index in [1.54, 1.807) is 69.0 Å². The van der Waals surface area contributed by atoms with E-state index >= 15 is 0 Å². The van der Waals surface area contributed by atoms with Crippen LogP contribution in [0.3, 0.4) is 0 Å². The molecule has 0 aliphatic carbocycles. The van der Waals surface area contributed by atoms with E-state index in [2.05, 4.69) is 9.71 Å². The standard InChI is InChI=1S/C27H32N6O7S/c1-17-28-25(15-30(17)2)41(37,38)29-21-13-22-23(32(4)26(34)31(22)3)14-24(21)40-20-7-5-6-19(12-20)39-16-18-8-10-33(11-9-18)27(35)36/h5-7,12-15,18,29H,8-11,16H2,1-4H3,(H,35,36). The van der Waals surface area contributed by atoms with E-state index in [1.165, 1.54) is 20.2 Å². The number of amides is 1. The van der Waals surface area contributed by atoms with Crippen LogP contribution < -0.4 is 19.9 Å². The first-order valence-electron chi connectivity index (χ1n) is 13.0. The molecule has 0 spiro atoms. The van der Waals surface area contributed by atoms with Gasteiger partial charge in [-0.25, -0.2) is 14.6 Å². The van der Waals surface area contributed by atoms with Gasteiger partial charge in [0.15, 0.2) is 10.8 Å². The molecule has 218 valence electrons. The van der Waals surface area contributed by atoms with E-state index in [1.807, 2.05) is 0 Å². The van der Waals surface area contributed by atoms with Gasteiger partial charge in [0.25, 0.3) is 10.0 Å². The minimum atomic E-state index is -4.07. The van der Waals surface area contributed by atoms with Crippen molar-refractivity contribution < 1.29 is 27.8 Å². The number of nitrogens with zero attached hydrogens (tertiary/aromatic N) is 5. The van der Waals surface area contributed by atoms with Crippen LogP contribution in [0.25, 0.3) is 11.0 Å². The molecule has 5 rings (SSSR count). The number of carbonyl (C=O) groups is 1. The quantitative estimate of drug-likeness (QED) is 0.320. The Bertz CT molecular complexity index is 1760. The fourth-order valence-corrected chi connectivity index (χ4v) is 5.91.